The molecule has 0 unspecified atom stereocenters. The predicted octanol–water partition coefficient (Wildman–Crippen LogP) is 3.10. The highest BCUT2D eigenvalue weighted by atomic mass is 35.5. The van der Waals surface area contributed by atoms with E-state index in [-0.39, 0.29) is 22.7 Å². The van der Waals surface area contributed by atoms with Crippen LogP contribution in [-0.4, -0.2) is 37.9 Å². The molecule has 1 aliphatic heterocycles. The van der Waals surface area contributed by atoms with Gasteiger partial charge in [-0.1, -0.05) is 36.4 Å². The van der Waals surface area contributed by atoms with Crippen molar-refractivity contribution in [3.8, 4) is 0 Å². The average molecular weight is 386 g/mol. The first-order valence-corrected chi connectivity index (χ1v) is 8.56. The third-order valence-corrected chi connectivity index (χ3v) is 4.41. The Hall–Kier alpha value is -3.12. The van der Waals surface area contributed by atoms with Gasteiger partial charge >= 0.3 is 5.97 Å². The standard InChI is InChI=1S/C20H16ClNO5/c1-26-18(12-6-4-3-5-7-12)17-14-9-8-13(20(25)27-2)10-15(14)22(19(17)24)16(23)11-21/h3-10H,11H2,1-2H3. The number of esters is 1. The molecule has 3 rings (SSSR count). The zero-order valence-corrected chi connectivity index (χ0v) is 15.4. The van der Waals surface area contributed by atoms with Gasteiger partial charge < -0.3 is 9.47 Å². The monoisotopic (exact) mass is 385 g/mol. The molecule has 0 radical (unpaired) electrons. The molecule has 0 bridgehead atoms. The van der Waals surface area contributed by atoms with E-state index in [9.17, 15) is 14.4 Å². The minimum absolute atomic E-state index is 0.219. The van der Waals surface area contributed by atoms with E-state index < -0.39 is 17.8 Å². The highest BCUT2D eigenvalue weighted by Gasteiger charge is 2.39. The van der Waals surface area contributed by atoms with E-state index in [0.717, 1.165) is 4.90 Å². The Kier molecular flexibility index (Phi) is 5.28. The second kappa shape index (κ2) is 7.63. The maximum atomic E-state index is 13.1. The number of nitrogens with zero attached hydrogens (tertiary/aromatic N) is 1. The number of carbonyl (C=O) groups is 3. The third kappa shape index (κ3) is 3.19. The van der Waals surface area contributed by atoms with Gasteiger partial charge in [-0.25, -0.2) is 9.69 Å². The SMILES string of the molecule is COC(=O)c1ccc2c(c1)N(C(=O)CCl)C(=O)C2=C(OC)c1ccccc1. The normalized spacial score (nSPS) is 14.6. The Morgan fingerprint density at radius 3 is 2.30 bits per heavy atom. The highest BCUT2D eigenvalue weighted by molar-refractivity contribution is 6.46. The van der Waals surface area contributed by atoms with E-state index >= 15 is 0 Å². The number of amides is 2. The lowest BCUT2D eigenvalue weighted by Crippen LogP contribution is -2.34. The number of ether oxygens (including phenoxy) is 2. The van der Waals surface area contributed by atoms with Crippen LogP contribution >= 0.6 is 11.6 Å². The van der Waals surface area contributed by atoms with E-state index in [1.54, 1.807) is 18.2 Å². The predicted molar refractivity (Wildman–Crippen MR) is 101 cm³/mol. The van der Waals surface area contributed by atoms with Crippen LogP contribution in [-0.2, 0) is 19.1 Å². The molecule has 0 atom stereocenters. The number of halogens is 1. The largest absolute Gasteiger partial charge is 0.495 e. The van der Waals surface area contributed by atoms with Crippen molar-refractivity contribution in [2.75, 3.05) is 25.0 Å². The van der Waals surface area contributed by atoms with Crippen LogP contribution in [0.25, 0.3) is 11.3 Å². The number of imide groups is 1. The maximum absolute atomic E-state index is 13.1. The first-order valence-electron chi connectivity index (χ1n) is 8.03. The van der Waals surface area contributed by atoms with Gasteiger partial charge in [0.05, 0.1) is 31.0 Å². The van der Waals surface area contributed by atoms with Gasteiger partial charge in [-0.05, 0) is 12.1 Å². The van der Waals surface area contributed by atoms with Crippen molar-refractivity contribution in [2.45, 2.75) is 0 Å². The molecule has 1 aliphatic rings. The molecule has 0 fully saturated rings. The zero-order chi connectivity index (χ0) is 19.6. The summed E-state index contributed by atoms with van der Waals surface area (Å²) in [5.41, 5.74) is 1.89. The van der Waals surface area contributed by atoms with Crippen LogP contribution in [0.15, 0.2) is 48.5 Å². The summed E-state index contributed by atoms with van der Waals surface area (Å²) in [4.78, 5) is 38.2. The number of rotatable bonds is 4. The number of carbonyl (C=O) groups excluding carboxylic acids is 3. The summed E-state index contributed by atoms with van der Waals surface area (Å²) in [6, 6.07) is 13.6. The van der Waals surface area contributed by atoms with Crippen LogP contribution in [0.3, 0.4) is 0 Å². The van der Waals surface area contributed by atoms with Crippen LogP contribution in [0.1, 0.15) is 21.5 Å². The van der Waals surface area contributed by atoms with E-state index in [2.05, 4.69) is 0 Å². The Balaban J connectivity index is 2.27. The minimum Gasteiger partial charge on any atom is -0.495 e. The van der Waals surface area contributed by atoms with Gasteiger partial charge in [0.1, 0.15) is 11.6 Å². The summed E-state index contributed by atoms with van der Waals surface area (Å²) in [6.07, 6.45) is 0. The van der Waals surface area contributed by atoms with Gasteiger partial charge in [0.2, 0.25) is 5.91 Å². The van der Waals surface area contributed by atoms with Crippen molar-refractivity contribution in [1.82, 2.24) is 0 Å². The van der Waals surface area contributed by atoms with Crippen molar-refractivity contribution in [2.24, 2.45) is 0 Å². The number of methoxy groups -OCH3 is 2. The Labute approximate surface area is 160 Å². The molecule has 0 aromatic heterocycles. The second-order valence-electron chi connectivity index (χ2n) is 5.67. The van der Waals surface area contributed by atoms with Crippen molar-refractivity contribution in [3.63, 3.8) is 0 Å². The van der Waals surface area contributed by atoms with Gasteiger partial charge in [-0.2, -0.15) is 0 Å². The van der Waals surface area contributed by atoms with Gasteiger partial charge in [0.15, 0.2) is 0 Å². The summed E-state index contributed by atoms with van der Waals surface area (Å²) in [6.45, 7) is 0. The lowest BCUT2D eigenvalue weighted by molar-refractivity contribution is -0.122. The molecule has 0 spiro atoms. The van der Waals surface area contributed by atoms with E-state index in [0.29, 0.717) is 16.9 Å². The maximum Gasteiger partial charge on any atom is 0.337 e. The molecule has 138 valence electrons. The second-order valence-corrected chi connectivity index (χ2v) is 5.93. The summed E-state index contributed by atoms with van der Waals surface area (Å²) >= 11 is 5.69. The van der Waals surface area contributed by atoms with Crippen molar-refractivity contribution in [3.05, 3.63) is 65.2 Å². The molecule has 2 amide bonds. The van der Waals surface area contributed by atoms with E-state index in [1.165, 1.54) is 26.4 Å². The van der Waals surface area contributed by atoms with E-state index in [1.807, 2.05) is 18.2 Å². The van der Waals surface area contributed by atoms with Crippen molar-refractivity contribution < 1.29 is 23.9 Å². The van der Waals surface area contributed by atoms with Gasteiger partial charge in [-0.3, -0.25) is 9.59 Å². The number of alkyl halides is 1. The van der Waals surface area contributed by atoms with Gasteiger partial charge in [0.25, 0.3) is 5.91 Å². The van der Waals surface area contributed by atoms with E-state index in [4.69, 9.17) is 21.1 Å². The molecule has 0 saturated carbocycles. The van der Waals surface area contributed by atoms with Crippen LogP contribution in [0.5, 0.6) is 0 Å². The van der Waals surface area contributed by atoms with Crippen LogP contribution in [0, 0.1) is 0 Å². The fourth-order valence-corrected chi connectivity index (χ4v) is 3.11. The molecular formula is C20H16ClNO5. The Morgan fingerprint density at radius 2 is 1.70 bits per heavy atom. The molecule has 0 N–H and O–H groups in total. The number of fused-ring (bicyclic) bond motifs is 1. The molecule has 0 saturated heterocycles. The van der Waals surface area contributed by atoms with Gasteiger partial charge in [0, 0.05) is 11.1 Å². The first kappa shape index (κ1) is 18.7. The quantitative estimate of drug-likeness (QED) is 0.350. The number of hydrogen-bond donors (Lipinski definition) is 0. The molecule has 2 aromatic carbocycles. The summed E-state index contributed by atoms with van der Waals surface area (Å²) in [5.74, 6) is -1.77. The Morgan fingerprint density at radius 1 is 1.00 bits per heavy atom. The summed E-state index contributed by atoms with van der Waals surface area (Å²) < 4.78 is 10.2. The zero-order valence-electron chi connectivity index (χ0n) is 14.7. The minimum atomic E-state index is -0.594. The summed E-state index contributed by atoms with van der Waals surface area (Å²) in [7, 11) is 2.71. The average Bonchev–Trinajstić information content (AvgIpc) is 2.99. The third-order valence-electron chi connectivity index (χ3n) is 4.18. The summed E-state index contributed by atoms with van der Waals surface area (Å²) in [5, 5.41) is 0. The highest BCUT2D eigenvalue weighted by Crippen LogP contribution is 2.41. The molecule has 6 nitrogen and oxygen atoms in total. The van der Waals surface area contributed by atoms with Crippen LogP contribution in [0.2, 0.25) is 0 Å². The molecule has 1 heterocycles. The van der Waals surface area contributed by atoms with Gasteiger partial charge in [-0.15, -0.1) is 11.6 Å². The fraction of sp³-hybridized carbons (Fsp3) is 0.150. The smallest absolute Gasteiger partial charge is 0.337 e. The lowest BCUT2D eigenvalue weighted by Gasteiger charge is -2.14. The molecular weight excluding hydrogens is 370 g/mol. The first-order chi connectivity index (χ1) is 13.0. The number of benzene rings is 2. The number of hydrogen-bond acceptors (Lipinski definition) is 5. The number of anilines is 1. The van der Waals surface area contributed by atoms with Crippen molar-refractivity contribution >= 4 is 46.4 Å². The molecule has 27 heavy (non-hydrogen) atoms. The topological polar surface area (TPSA) is 72.9 Å². The van der Waals surface area contributed by atoms with Crippen LogP contribution in [0.4, 0.5) is 5.69 Å². The van der Waals surface area contributed by atoms with Crippen molar-refractivity contribution in [1.29, 1.82) is 0 Å². The molecule has 0 aliphatic carbocycles. The molecule has 7 heteroatoms. The van der Waals surface area contributed by atoms with Crippen LogP contribution < -0.4 is 4.90 Å². The Bertz CT molecular complexity index is 952. The lowest BCUT2D eigenvalue weighted by atomic mass is 10.0. The molecule has 2 aromatic rings. The fourth-order valence-electron chi connectivity index (χ4n) is 2.99.